The van der Waals surface area contributed by atoms with E-state index in [2.05, 4.69) is 5.32 Å². The van der Waals surface area contributed by atoms with Crippen molar-refractivity contribution in [3.8, 4) is 0 Å². The quantitative estimate of drug-likeness (QED) is 0.658. The Labute approximate surface area is 110 Å². The third kappa shape index (κ3) is 4.42. The van der Waals surface area contributed by atoms with Crippen LogP contribution in [0.4, 0.5) is 4.39 Å². The molecule has 1 rings (SSSR count). The average Bonchev–Trinajstić information content (AvgIpc) is 2.38. The Hall–Kier alpha value is -1.79. The molecule has 1 aromatic carbocycles. The Morgan fingerprint density at radius 2 is 2.16 bits per heavy atom. The molecule has 0 aliphatic carbocycles. The topological polar surface area (TPSA) is 86.6 Å². The summed E-state index contributed by atoms with van der Waals surface area (Å²) in [7, 11) is 0. The summed E-state index contributed by atoms with van der Waals surface area (Å²) in [6.07, 6.45) is -2.08. The van der Waals surface area contributed by atoms with Crippen molar-refractivity contribution in [1.29, 1.82) is 0 Å². The number of aliphatic hydroxyl groups excluding tert-OH is 2. The maximum atomic E-state index is 13.5. The Balaban J connectivity index is 2.72. The van der Waals surface area contributed by atoms with Crippen LogP contribution in [0.3, 0.4) is 0 Å². The van der Waals surface area contributed by atoms with Crippen molar-refractivity contribution < 1.29 is 24.2 Å². The molecule has 6 heteroatoms. The summed E-state index contributed by atoms with van der Waals surface area (Å²) < 4.78 is 13.5. The van der Waals surface area contributed by atoms with Gasteiger partial charge in [0.05, 0.1) is 6.10 Å². The maximum absolute atomic E-state index is 13.5. The summed E-state index contributed by atoms with van der Waals surface area (Å²) in [4.78, 5) is 21.2. The van der Waals surface area contributed by atoms with Gasteiger partial charge in [-0.1, -0.05) is 0 Å². The van der Waals surface area contributed by atoms with Gasteiger partial charge in [0, 0.05) is 24.6 Å². The third-order valence-electron chi connectivity index (χ3n) is 2.65. The fraction of sp³-hybridized carbons (Fsp3) is 0.385. The van der Waals surface area contributed by atoms with Gasteiger partial charge in [-0.05, 0) is 24.6 Å². The van der Waals surface area contributed by atoms with E-state index >= 15 is 0 Å². The summed E-state index contributed by atoms with van der Waals surface area (Å²) >= 11 is 0. The van der Waals surface area contributed by atoms with Crippen molar-refractivity contribution >= 4 is 12.2 Å². The van der Waals surface area contributed by atoms with Gasteiger partial charge in [0.25, 0.3) is 0 Å². The summed E-state index contributed by atoms with van der Waals surface area (Å²) in [5.41, 5.74) is 0.0736. The van der Waals surface area contributed by atoms with Crippen LogP contribution in [0.1, 0.15) is 35.4 Å². The van der Waals surface area contributed by atoms with E-state index in [9.17, 15) is 24.2 Å². The van der Waals surface area contributed by atoms with E-state index < -0.39 is 18.0 Å². The number of carbonyl (C=O) groups excluding carboxylic acids is 2. The Morgan fingerprint density at radius 3 is 2.74 bits per heavy atom. The zero-order valence-electron chi connectivity index (χ0n) is 10.5. The van der Waals surface area contributed by atoms with Crippen molar-refractivity contribution in [3.05, 3.63) is 35.1 Å². The van der Waals surface area contributed by atoms with Crippen molar-refractivity contribution in [3.63, 3.8) is 0 Å². The zero-order valence-corrected chi connectivity index (χ0v) is 10.5. The molecule has 0 bridgehead atoms. The van der Waals surface area contributed by atoms with Crippen molar-refractivity contribution in [2.75, 3.05) is 6.54 Å². The van der Waals surface area contributed by atoms with Crippen LogP contribution >= 0.6 is 0 Å². The molecule has 0 spiro atoms. The molecule has 0 radical (unpaired) electrons. The van der Waals surface area contributed by atoms with Gasteiger partial charge in [0.2, 0.25) is 5.91 Å². The first-order valence-corrected chi connectivity index (χ1v) is 5.81. The molecule has 0 saturated carbocycles. The summed E-state index contributed by atoms with van der Waals surface area (Å²) in [6, 6.07) is 3.53. The molecular formula is C13H16FNO4. The molecule has 2 unspecified atom stereocenters. The van der Waals surface area contributed by atoms with Gasteiger partial charge < -0.3 is 15.5 Å². The number of rotatable bonds is 6. The molecule has 1 amide bonds. The lowest BCUT2D eigenvalue weighted by atomic mass is 9.99. The maximum Gasteiger partial charge on any atom is 0.216 e. The Kier molecular flexibility index (Phi) is 5.59. The fourth-order valence-electron chi connectivity index (χ4n) is 1.62. The first kappa shape index (κ1) is 15.3. The highest BCUT2D eigenvalue weighted by atomic mass is 19.1. The van der Waals surface area contributed by atoms with Crippen LogP contribution < -0.4 is 5.32 Å². The number of amides is 1. The molecule has 2 atom stereocenters. The van der Waals surface area contributed by atoms with Crippen molar-refractivity contribution in [1.82, 2.24) is 5.32 Å². The Bertz CT molecular complexity index is 464. The van der Waals surface area contributed by atoms with E-state index in [0.717, 1.165) is 6.07 Å². The molecule has 104 valence electrons. The predicted octanol–water partition coefficient (Wildman–Crippen LogP) is 0.559. The predicted molar refractivity (Wildman–Crippen MR) is 66.1 cm³/mol. The SMILES string of the molecule is CC(=O)NCCC(O)C(O)c1cc(C=O)ccc1F. The lowest BCUT2D eigenvalue weighted by Gasteiger charge is -2.19. The zero-order chi connectivity index (χ0) is 14.4. The number of halogens is 1. The molecule has 0 aromatic heterocycles. The largest absolute Gasteiger partial charge is 0.390 e. The van der Waals surface area contributed by atoms with Crippen LogP contribution in [0.15, 0.2) is 18.2 Å². The molecule has 3 N–H and O–H groups in total. The highest BCUT2D eigenvalue weighted by Crippen LogP contribution is 2.22. The van der Waals surface area contributed by atoms with Crippen LogP contribution in [0.2, 0.25) is 0 Å². The van der Waals surface area contributed by atoms with E-state index in [1.807, 2.05) is 0 Å². The minimum atomic E-state index is -1.45. The number of aldehydes is 1. The number of benzene rings is 1. The number of aliphatic hydroxyl groups is 2. The van der Waals surface area contributed by atoms with E-state index in [0.29, 0.717) is 6.29 Å². The second-order valence-electron chi connectivity index (χ2n) is 4.18. The molecule has 5 nitrogen and oxygen atoms in total. The first-order chi connectivity index (χ1) is 8.95. The highest BCUT2D eigenvalue weighted by molar-refractivity contribution is 5.75. The monoisotopic (exact) mass is 269 g/mol. The summed E-state index contributed by atoms with van der Waals surface area (Å²) in [5, 5.41) is 22.0. The van der Waals surface area contributed by atoms with Crippen LogP contribution in [-0.4, -0.2) is 35.1 Å². The minimum absolute atomic E-state index is 0.0749. The van der Waals surface area contributed by atoms with E-state index in [1.165, 1.54) is 19.1 Å². The third-order valence-corrected chi connectivity index (χ3v) is 2.65. The van der Waals surface area contributed by atoms with Gasteiger partial charge in [0.1, 0.15) is 18.2 Å². The van der Waals surface area contributed by atoms with Crippen LogP contribution in [0, 0.1) is 5.82 Å². The van der Waals surface area contributed by atoms with Crippen molar-refractivity contribution in [2.24, 2.45) is 0 Å². The Morgan fingerprint density at radius 1 is 1.47 bits per heavy atom. The molecule has 0 heterocycles. The van der Waals surface area contributed by atoms with Gasteiger partial charge in [-0.3, -0.25) is 9.59 Å². The van der Waals surface area contributed by atoms with Gasteiger partial charge in [-0.15, -0.1) is 0 Å². The summed E-state index contributed by atoms with van der Waals surface area (Å²) in [5.74, 6) is -0.951. The highest BCUT2D eigenvalue weighted by Gasteiger charge is 2.21. The van der Waals surface area contributed by atoms with Gasteiger partial charge >= 0.3 is 0 Å². The smallest absolute Gasteiger partial charge is 0.216 e. The van der Waals surface area contributed by atoms with Crippen LogP contribution in [0.5, 0.6) is 0 Å². The van der Waals surface area contributed by atoms with Gasteiger partial charge in [-0.25, -0.2) is 4.39 Å². The molecule has 0 aliphatic heterocycles. The van der Waals surface area contributed by atoms with Gasteiger partial charge in [-0.2, -0.15) is 0 Å². The van der Waals surface area contributed by atoms with Crippen LogP contribution in [0.25, 0.3) is 0 Å². The number of hydrogen-bond donors (Lipinski definition) is 3. The number of hydrogen-bond acceptors (Lipinski definition) is 4. The second-order valence-corrected chi connectivity index (χ2v) is 4.18. The van der Waals surface area contributed by atoms with E-state index in [-0.39, 0.29) is 30.0 Å². The second kappa shape index (κ2) is 6.96. The molecule has 19 heavy (non-hydrogen) atoms. The lowest BCUT2D eigenvalue weighted by molar-refractivity contribution is -0.119. The molecule has 0 aliphatic rings. The molecule has 1 aromatic rings. The minimum Gasteiger partial charge on any atom is -0.390 e. The van der Waals surface area contributed by atoms with Crippen LogP contribution in [-0.2, 0) is 4.79 Å². The average molecular weight is 269 g/mol. The first-order valence-electron chi connectivity index (χ1n) is 5.81. The van der Waals surface area contributed by atoms with E-state index in [4.69, 9.17) is 0 Å². The standard InChI is InChI=1S/C13H16FNO4/c1-8(17)15-5-4-12(18)13(19)10-6-9(7-16)2-3-11(10)14/h2-3,6-7,12-13,18-19H,4-5H2,1H3,(H,15,17). The molecule has 0 fully saturated rings. The molecular weight excluding hydrogens is 253 g/mol. The number of nitrogens with one attached hydrogen (secondary N) is 1. The van der Waals surface area contributed by atoms with Crippen molar-refractivity contribution in [2.45, 2.75) is 25.6 Å². The van der Waals surface area contributed by atoms with E-state index in [1.54, 1.807) is 0 Å². The number of carbonyl (C=O) groups is 2. The fourth-order valence-corrected chi connectivity index (χ4v) is 1.62. The molecule has 0 saturated heterocycles. The van der Waals surface area contributed by atoms with Gasteiger partial charge in [0.15, 0.2) is 0 Å². The summed E-state index contributed by atoms with van der Waals surface area (Å²) in [6.45, 7) is 1.50. The normalized spacial score (nSPS) is 13.7. The lowest BCUT2D eigenvalue weighted by Crippen LogP contribution is -2.28.